The first-order chi connectivity index (χ1) is 25.0. The van der Waals surface area contributed by atoms with Crippen LogP contribution in [0.5, 0.6) is 11.5 Å². The summed E-state index contributed by atoms with van der Waals surface area (Å²) < 4.78 is 35.0. The molecule has 3 amide bonds. The van der Waals surface area contributed by atoms with Crippen LogP contribution >= 0.6 is 0 Å². The van der Waals surface area contributed by atoms with E-state index in [1.54, 1.807) is 84.9 Å². The van der Waals surface area contributed by atoms with Crippen LogP contribution in [-0.2, 0) is 41.6 Å². The Hall–Kier alpha value is -4.94. The third kappa shape index (κ3) is 13.5. The number of Topliss-reactive ketones (excluding diaryl/α,β-unsaturated/α-hetero) is 1. The van der Waals surface area contributed by atoms with Gasteiger partial charge in [-0.15, -0.1) is 0 Å². The highest BCUT2D eigenvalue weighted by molar-refractivity contribution is 5.92. The lowest BCUT2D eigenvalue weighted by Crippen LogP contribution is -2.48. The normalized spacial score (nSPS) is 16.2. The summed E-state index contributed by atoms with van der Waals surface area (Å²) in [6.07, 6.45) is 2.49. The number of hydrogen-bond donors (Lipinski definition) is 2. The van der Waals surface area contributed by atoms with Crippen LogP contribution in [0.4, 0.5) is 9.18 Å². The third-order valence-corrected chi connectivity index (χ3v) is 8.78. The molecule has 0 saturated carbocycles. The summed E-state index contributed by atoms with van der Waals surface area (Å²) in [4.78, 5) is 68.2. The maximum absolute atomic E-state index is 14.1. The summed E-state index contributed by atoms with van der Waals surface area (Å²) in [7, 11) is 3.11. The third-order valence-electron chi connectivity index (χ3n) is 8.78. The van der Waals surface area contributed by atoms with Crippen LogP contribution in [0.15, 0.2) is 54.6 Å². The molecule has 0 bridgehead atoms. The lowest BCUT2D eigenvalue weighted by molar-refractivity contribution is -0.137. The standard InChI is InChI=1S/C40H54FN3O9/c1-9-52-35(46)17-15-31(21-27-18-19-44(38(27)48)24-28-12-16-32(50-7)23-34(28)51-8)42-37(47)29(20-26-10-13-30(41)14-11-26)22-33(45)36(25(2)3)43-39(49)53-40(4,5)6/h10-17,23,25,27,29,31,36H,9,18-22,24H2,1-8H3,(H,42,47)(H,43,49)/b17-15+/t27-,29+,31+,36-/m0/s1. The van der Waals surface area contributed by atoms with Crippen LogP contribution in [0, 0.1) is 23.6 Å². The Kier molecular flexibility index (Phi) is 15.8. The topological polar surface area (TPSA) is 150 Å². The Morgan fingerprint density at radius 2 is 1.72 bits per heavy atom. The lowest BCUT2D eigenvalue weighted by Gasteiger charge is -2.27. The molecule has 2 aromatic rings. The SMILES string of the molecule is CCOC(=O)/C=C/[C@H](C[C@@H]1CCN(Cc2ccc(OC)cc2OC)C1=O)NC(=O)[C@@H](CC(=O)[C@@H](NC(=O)OC(C)(C)C)C(C)C)Cc1ccc(F)cc1. The highest BCUT2D eigenvalue weighted by atomic mass is 19.1. The van der Waals surface area contributed by atoms with Crippen LogP contribution in [0.1, 0.15) is 71.9 Å². The summed E-state index contributed by atoms with van der Waals surface area (Å²) in [5, 5.41) is 5.61. The largest absolute Gasteiger partial charge is 0.497 e. The predicted octanol–water partition coefficient (Wildman–Crippen LogP) is 5.55. The van der Waals surface area contributed by atoms with Crippen molar-refractivity contribution < 1.29 is 47.3 Å². The molecule has 12 nitrogen and oxygen atoms in total. The van der Waals surface area contributed by atoms with Crippen molar-refractivity contribution in [1.82, 2.24) is 15.5 Å². The molecule has 1 aliphatic heterocycles. The first kappa shape index (κ1) is 42.5. The molecular formula is C40H54FN3O9. The molecule has 2 N–H and O–H groups in total. The first-order valence-corrected chi connectivity index (χ1v) is 17.9. The van der Waals surface area contributed by atoms with Crippen molar-refractivity contribution in [3.63, 3.8) is 0 Å². The highest BCUT2D eigenvalue weighted by Gasteiger charge is 2.35. The molecule has 0 unspecified atom stereocenters. The van der Waals surface area contributed by atoms with Crippen molar-refractivity contribution in [3.8, 4) is 11.5 Å². The van der Waals surface area contributed by atoms with Crippen LogP contribution in [0.3, 0.4) is 0 Å². The van der Waals surface area contributed by atoms with Crippen molar-refractivity contribution in [3.05, 3.63) is 71.6 Å². The average molecular weight is 740 g/mol. The van der Waals surface area contributed by atoms with E-state index in [-0.39, 0.29) is 43.5 Å². The van der Waals surface area contributed by atoms with Crippen molar-refractivity contribution >= 4 is 29.7 Å². The molecule has 1 heterocycles. The molecule has 53 heavy (non-hydrogen) atoms. The maximum atomic E-state index is 14.1. The van der Waals surface area contributed by atoms with Crippen LogP contribution < -0.4 is 20.1 Å². The summed E-state index contributed by atoms with van der Waals surface area (Å²) >= 11 is 0. The van der Waals surface area contributed by atoms with Gasteiger partial charge in [-0.2, -0.15) is 0 Å². The fourth-order valence-electron chi connectivity index (χ4n) is 6.13. The second kappa shape index (κ2) is 19.8. The number of likely N-dealkylation sites (tertiary alicyclic amines) is 1. The smallest absolute Gasteiger partial charge is 0.408 e. The zero-order valence-corrected chi connectivity index (χ0v) is 32.0. The van der Waals surface area contributed by atoms with E-state index in [4.69, 9.17) is 18.9 Å². The molecule has 0 aliphatic carbocycles. The van der Waals surface area contributed by atoms with Gasteiger partial charge in [0.2, 0.25) is 11.8 Å². The van der Waals surface area contributed by atoms with Gasteiger partial charge in [-0.1, -0.05) is 32.1 Å². The number of nitrogens with one attached hydrogen (secondary N) is 2. The average Bonchev–Trinajstić information content (AvgIpc) is 3.43. The van der Waals surface area contributed by atoms with Gasteiger partial charge >= 0.3 is 12.1 Å². The Labute approximate surface area is 311 Å². The molecule has 1 saturated heterocycles. The number of hydrogen-bond acceptors (Lipinski definition) is 9. The Morgan fingerprint density at radius 3 is 2.32 bits per heavy atom. The first-order valence-electron chi connectivity index (χ1n) is 17.9. The molecule has 1 fully saturated rings. The van der Waals surface area contributed by atoms with Crippen LogP contribution in [0.2, 0.25) is 0 Å². The Bertz CT molecular complexity index is 1600. The summed E-state index contributed by atoms with van der Waals surface area (Å²) in [6, 6.07) is 9.31. The minimum Gasteiger partial charge on any atom is -0.497 e. The van der Waals surface area contributed by atoms with Gasteiger partial charge in [-0.05, 0) is 82.7 Å². The van der Waals surface area contributed by atoms with E-state index < -0.39 is 53.3 Å². The van der Waals surface area contributed by atoms with Gasteiger partial charge in [0.15, 0.2) is 5.78 Å². The highest BCUT2D eigenvalue weighted by Crippen LogP contribution is 2.30. The molecular weight excluding hydrogens is 685 g/mol. The van der Waals surface area contributed by atoms with E-state index >= 15 is 0 Å². The van der Waals surface area contributed by atoms with Gasteiger partial charge in [0.05, 0.1) is 26.9 Å². The van der Waals surface area contributed by atoms with Crippen LogP contribution in [0.25, 0.3) is 0 Å². The number of methoxy groups -OCH3 is 2. The predicted molar refractivity (Wildman–Crippen MR) is 197 cm³/mol. The van der Waals surface area contributed by atoms with Gasteiger partial charge in [-0.3, -0.25) is 14.4 Å². The quantitative estimate of drug-likeness (QED) is 0.148. The number of benzene rings is 2. The number of esters is 1. The molecule has 13 heteroatoms. The number of carbonyl (C=O) groups excluding carboxylic acids is 5. The minimum absolute atomic E-state index is 0.0866. The van der Waals surface area contributed by atoms with E-state index in [0.29, 0.717) is 36.6 Å². The number of ketones is 1. The lowest BCUT2D eigenvalue weighted by atomic mass is 9.88. The van der Waals surface area contributed by atoms with E-state index in [9.17, 15) is 28.4 Å². The minimum atomic E-state index is -0.945. The zero-order chi connectivity index (χ0) is 39.3. The van der Waals surface area contributed by atoms with Gasteiger partial charge in [0.25, 0.3) is 0 Å². The van der Waals surface area contributed by atoms with E-state index in [1.165, 1.54) is 24.3 Å². The number of alkyl carbamates (subject to hydrolysis) is 1. The maximum Gasteiger partial charge on any atom is 0.408 e. The summed E-state index contributed by atoms with van der Waals surface area (Å²) in [6.45, 7) is 11.3. The number of carbonyl (C=O) groups is 5. The molecule has 1 aliphatic rings. The van der Waals surface area contributed by atoms with E-state index in [1.807, 2.05) is 6.07 Å². The molecule has 2 aromatic carbocycles. The van der Waals surface area contributed by atoms with Gasteiger partial charge in [0, 0.05) is 55.1 Å². The monoisotopic (exact) mass is 739 g/mol. The van der Waals surface area contributed by atoms with Crippen molar-refractivity contribution in [2.45, 2.75) is 91.5 Å². The van der Waals surface area contributed by atoms with Crippen molar-refractivity contribution in [1.29, 1.82) is 0 Å². The Balaban J connectivity index is 1.84. The number of ether oxygens (including phenoxy) is 4. The number of amides is 3. The Morgan fingerprint density at radius 1 is 1.02 bits per heavy atom. The second-order valence-corrected chi connectivity index (χ2v) is 14.5. The molecule has 3 rings (SSSR count). The van der Waals surface area contributed by atoms with Gasteiger partial charge < -0.3 is 34.5 Å². The number of rotatable bonds is 18. The van der Waals surface area contributed by atoms with Crippen molar-refractivity contribution in [2.24, 2.45) is 17.8 Å². The van der Waals surface area contributed by atoms with Crippen molar-refractivity contribution in [2.75, 3.05) is 27.4 Å². The zero-order valence-electron chi connectivity index (χ0n) is 32.0. The van der Waals surface area contributed by atoms with E-state index in [0.717, 1.165) is 5.56 Å². The molecule has 0 radical (unpaired) electrons. The fourth-order valence-corrected chi connectivity index (χ4v) is 6.13. The van der Waals surface area contributed by atoms with Gasteiger partial charge in [0.1, 0.15) is 22.9 Å². The van der Waals surface area contributed by atoms with Crippen LogP contribution in [-0.4, -0.2) is 79.6 Å². The summed E-state index contributed by atoms with van der Waals surface area (Å²) in [5.41, 5.74) is 0.643. The fraction of sp³-hybridized carbons (Fsp3) is 0.525. The number of nitrogens with zero attached hydrogens (tertiary/aromatic N) is 1. The molecule has 290 valence electrons. The molecule has 0 aromatic heterocycles. The van der Waals surface area contributed by atoms with Gasteiger partial charge in [-0.25, -0.2) is 14.0 Å². The second-order valence-electron chi connectivity index (χ2n) is 14.5. The summed E-state index contributed by atoms with van der Waals surface area (Å²) in [5.74, 6) is -2.58. The molecule has 0 spiro atoms. The van der Waals surface area contributed by atoms with E-state index in [2.05, 4.69) is 10.6 Å². The number of halogens is 1. The molecule has 4 atom stereocenters.